The molecule has 14 heavy (non-hydrogen) atoms. The van der Waals surface area contributed by atoms with Gasteiger partial charge in [-0.2, -0.15) is 0 Å². The molecule has 0 aromatic rings. The Kier molecular flexibility index (Phi) is 9.61. The van der Waals surface area contributed by atoms with Crippen molar-refractivity contribution in [1.29, 1.82) is 0 Å². The molecule has 0 fully saturated rings. The summed E-state index contributed by atoms with van der Waals surface area (Å²) >= 11 is 0. The first-order chi connectivity index (χ1) is 6.81. The summed E-state index contributed by atoms with van der Waals surface area (Å²) in [5.74, 6) is 0.234. The first-order valence-electron chi connectivity index (χ1n) is 4.55. The minimum absolute atomic E-state index is 0.234. The summed E-state index contributed by atoms with van der Waals surface area (Å²) in [5.41, 5.74) is 5.27. The molecule has 0 radical (unpaired) electrons. The molecular weight excluding hydrogens is 186 g/mol. The Morgan fingerprint density at radius 3 is 2.79 bits per heavy atom. The molecule has 6 heteroatoms. The highest BCUT2D eigenvalue weighted by Crippen LogP contribution is 1.78. The molecule has 0 saturated carbocycles. The second kappa shape index (κ2) is 10.2. The van der Waals surface area contributed by atoms with Crippen molar-refractivity contribution in [3.05, 3.63) is 0 Å². The molecule has 0 atom stereocenters. The Labute approximate surface area is 84.1 Å². The number of amidine groups is 1. The normalized spacial score (nSPS) is 11.9. The number of hydrogen-bond acceptors (Lipinski definition) is 5. The molecule has 0 rings (SSSR count). The van der Waals surface area contributed by atoms with Crippen LogP contribution < -0.4 is 11.1 Å². The number of oxime groups is 1. The molecule has 0 aromatic carbocycles. The van der Waals surface area contributed by atoms with Crippen LogP contribution in [-0.4, -0.2) is 51.1 Å². The fourth-order valence-electron chi connectivity index (χ4n) is 0.780. The van der Waals surface area contributed by atoms with Crippen molar-refractivity contribution in [2.75, 3.05) is 40.0 Å². The Bertz CT molecular complexity index is 153. The third kappa shape index (κ3) is 9.24. The van der Waals surface area contributed by atoms with E-state index in [1.54, 1.807) is 7.11 Å². The first kappa shape index (κ1) is 13.2. The van der Waals surface area contributed by atoms with E-state index in [-0.39, 0.29) is 5.84 Å². The number of methoxy groups -OCH3 is 1. The number of nitrogens with two attached hydrogens (primary N) is 1. The largest absolute Gasteiger partial charge is 0.409 e. The summed E-state index contributed by atoms with van der Waals surface area (Å²) < 4.78 is 10.0. The molecule has 0 bridgehead atoms. The zero-order valence-corrected chi connectivity index (χ0v) is 8.53. The molecule has 0 aliphatic rings. The topological polar surface area (TPSA) is 89.1 Å². The maximum absolute atomic E-state index is 8.23. The number of rotatable bonds is 9. The molecular formula is C8H19N3O3. The fourth-order valence-corrected chi connectivity index (χ4v) is 0.780. The Morgan fingerprint density at radius 1 is 1.36 bits per heavy atom. The number of nitrogens with zero attached hydrogens (tertiary/aromatic N) is 1. The zero-order chi connectivity index (χ0) is 10.6. The summed E-state index contributed by atoms with van der Waals surface area (Å²) in [6.07, 6.45) is 0.536. The van der Waals surface area contributed by atoms with E-state index in [1.165, 1.54) is 0 Å². The smallest absolute Gasteiger partial charge is 0.140 e. The van der Waals surface area contributed by atoms with Crippen molar-refractivity contribution in [1.82, 2.24) is 5.32 Å². The van der Waals surface area contributed by atoms with Gasteiger partial charge in [-0.15, -0.1) is 0 Å². The highest BCUT2D eigenvalue weighted by Gasteiger charge is 1.92. The van der Waals surface area contributed by atoms with Crippen molar-refractivity contribution in [2.24, 2.45) is 10.9 Å². The molecule has 0 saturated heterocycles. The third-order valence-electron chi connectivity index (χ3n) is 1.54. The van der Waals surface area contributed by atoms with Crippen LogP contribution in [0.1, 0.15) is 6.42 Å². The minimum atomic E-state index is 0.234. The standard InChI is InChI=1S/C8H19N3O3/c1-13-6-7-14-5-4-10-3-2-8(9)11-12/h10,12H,2-7H2,1H3,(H2,9,11). The maximum atomic E-state index is 8.23. The van der Waals surface area contributed by atoms with Gasteiger partial charge >= 0.3 is 0 Å². The second-order valence-electron chi connectivity index (χ2n) is 2.70. The third-order valence-corrected chi connectivity index (χ3v) is 1.54. The molecule has 0 aliphatic carbocycles. The summed E-state index contributed by atoms with van der Waals surface area (Å²) in [5, 5.41) is 14.2. The van der Waals surface area contributed by atoms with Gasteiger partial charge < -0.3 is 25.7 Å². The molecule has 6 nitrogen and oxygen atoms in total. The van der Waals surface area contributed by atoms with E-state index < -0.39 is 0 Å². The molecule has 0 unspecified atom stereocenters. The van der Waals surface area contributed by atoms with Crippen molar-refractivity contribution in [3.63, 3.8) is 0 Å². The SMILES string of the molecule is COCCOCCNCCC(N)=NO. The van der Waals surface area contributed by atoms with E-state index in [0.717, 1.165) is 6.54 Å². The summed E-state index contributed by atoms with van der Waals surface area (Å²) in [7, 11) is 1.64. The molecule has 0 aromatic heterocycles. The monoisotopic (exact) mass is 205 g/mol. The molecule has 0 aliphatic heterocycles. The Balaban J connectivity index is 2.99. The van der Waals surface area contributed by atoms with E-state index in [0.29, 0.717) is 32.8 Å². The van der Waals surface area contributed by atoms with Gasteiger partial charge in [0.05, 0.1) is 19.8 Å². The predicted octanol–water partition coefficient (Wildman–Crippen LogP) is -0.624. The van der Waals surface area contributed by atoms with Crippen LogP contribution in [0.2, 0.25) is 0 Å². The van der Waals surface area contributed by atoms with E-state index in [2.05, 4.69) is 10.5 Å². The van der Waals surface area contributed by atoms with Gasteiger partial charge in [-0.1, -0.05) is 5.16 Å². The van der Waals surface area contributed by atoms with Gasteiger partial charge in [0.1, 0.15) is 5.84 Å². The van der Waals surface area contributed by atoms with Crippen LogP contribution in [0.3, 0.4) is 0 Å². The van der Waals surface area contributed by atoms with Crippen LogP contribution in [0.4, 0.5) is 0 Å². The van der Waals surface area contributed by atoms with Crippen molar-refractivity contribution < 1.29 is 14.7 Å². The van der Waals surface area contributed by atoms with Gasteiger partial charge in [-0.3, -0.25) is 0 Å². The number of nitrogens with one attached hydrogen (secondary N) is 1. The van der Waals surface area contributed by atoms with Crippen LogP contribution in [-0.2, 0) is 9.47 Å². The summed E-state index contributed by atoms with van der Waals surface area (Å²) in [6.45, 7) is 3.30. The zero-order valence-electron chi connectivity index (χ0n) is 8.53. The van der Waals surface area contributed by atoms with Gasteiger partial charge in [-0.25, -0.2) is 0 Å². The van der Waals surface area contributed by atoms with Crippen LogP contribution >= 0.6 is 0 Å². The number of hydrogen-bond donors (Lipinski definition) is 3. The Morgan fingerprint density at radius 2 is 2.14 bits per heavy atom. The van der Waals surface area contributed by atoms with Gasteiger partial charge in [-0.05, 0) is 0 Å². The average molecular weight is 205 g/mol. The lowest BCUT2D eigenvalue weighted by atomic mass is 10.4. The lowest BCUT2D eigenvalue weighted by molar-refractivity contribution is 0.0721. The van der Waals surface area contributed by atoms with E-state index in [9.17, 15) is 0 Å². The van der Waals surface area contributed by atoms with Crippen LogP contribution in [0, 0.1) is 0 Å². The van der Waals surface area contributed by atoms with Crippen LogP contribution in [0.5, 0.6) is 0 Å². The fraction of sp³-hybridized carbons (Fsp3) is 0.875. The summed E-state index contributed by atoms with van der Waals surface area (Å²) in [4.78, 5) is 0. The Hall–Kier alpha value is -0.850. The van der Waals surface area contributed by atoms with E-state index in [1.807, 2.05) is 0 Å². The van der Waals surface area contributed by atoms with Gasteiger partial charge in [0.25, 0.3) is 0 Å². The predicted molar refractivity (Wildman–Crippen MR) is 53.6 cm³/mol. The highest BCUT2D eigenvalue weighted by atomic mass is 16.5. The van der Waals surface area contributed by atoms with Crippen LogP contribution in [0.25, 0.3) is 0 Å². The highest BCUT2D eigenvalue weighted by molar-refractivity contribution is 5.79. The quantitative estimate of drug-likeness (QED) is 0.153. The molecule has 0 amide bonds. The molecule has 0 spiro atoms. The average Bonchev–Trinajstić information content (AvgIpc) is 2.21. The van der Waals surface area contributed by atoms with Gasteiger partial charge in [0.15, 0.2) is 0 Å². The second-order valence-corrected chi connectivity index (χ2v) is 2.70. The van der Waals surface area contributed by atoms with Crippen molar-refractivity contribution >= 4 is 5.84 Å². The molecule has 84 valence electrons. The minimum Gasteiger partial charge on any atom is -0.409 e. The van der Waals surface area contributed by atoms with E-state index >= 15 is 0 Å². The maximum Gasteiger partial charge on any atom is 0.140 e. The van der Waals surface area contributed by atoms with Crippen molar-refractivity contribution in [2.45, 2.75) is 6.42 Å². The van der Waals surface area contributed by atoms with Crippen molar-refractivity contribution in [3.8, 4) is 0 Å². The first-order valence-corrected chi connectivity index (χ1v) is 4.55. The van der Waals surface area contributed by atoms with Gasteiger partial charge in [0.2, 0.25) is 0 Å². The molecule has 0 heterocycles. The van der Waals surface area contributed by atoms with E-state index in [4.69, 9.17) is 20.4 Å². The number of ether oxygens (including phenoxy) is 2. The lowest BCUT2D eigenvalue weighted by Crippen LogP contribution is -2.25. The van der Waals surface area contributed by atoms with Gasteiger partial charge in [0, 0.05) is 26.6 Å². The lowest BCUT2D eigenvalue weighted by Gasteiger charge is -2.04. The molecule has 4 N–H and O–H groups in total. The summed E-state index contributed by atoms with van der Waals surface area (Å²) in [6, 6.07) is 0. The van der Waals surface area contributed by atoms with Crippen LogP contribution in [0.15, 0.2) is 5.16 Å².